The zero-order valence-corrected chi connectivity index (χ0v) is 16.8. The Bertz CT molecular complexity index is 1070. The Balaban J connectivity index is 1.64. The Kier molecular flexibility index (Phi) is 5.87. The van der Waals surface area contributed by atoms with Gasteiger partial charge in [-0.3, -0.25) is 14.2 Å². The molecule has 0 radical (unpaired) electrons. The van der Waals surface area contributed by atoms with E-state index in [9.17, 15) is 9.59 Å². The first-order chi connectivity index (χ1) is 13.8. The minimum atomic E-state index is -0.305. The Morgan fingerprint density at radius 3 is 2.41 bits per heavy atom. The van der Waals surface area contributed by atoms with E-state index < -0.39 is 0 Å². The summed E-state index contributed by atoms with van der Waals surface area (Å²) in [5, 5.41) is 6.00. The van der Waals surface area contributed by atoms with Gasteiger partial charge in [-0.25, -0.2) is 15.0 Å². The van der Waals surface area contributed by atoms with Crippen LogP contribution >= 0.6 is 0 Å². The van der Waals surface area contributed by atoms with E-state index in [1.807, 2.05) is 44.1 Å². The molecule has 0 fully saturated rings. The van der Waals surface area contributed by atoms with Gasteiger partial charge in [-0.2, -0.15) is 0 Å². The van der Waals surface area contributed by atoms with Crippen molar-refractivity contribution in [3.05, 3.63) is 64.6 Å². The van der Waals surface area contributed by atoms with Gasteiger partial charge in [0.1, 0.15) is 24.0 Å². The van der Waals surface area contributed by atoms with Crippen LogP contribution in [0.1, 0.15) is 11.5 Å². The highest BCUT2D eigenvalue weighted by Crippen LogP contribution is 2.20. The number of nitrogens with one attached hydrogen (secondary N) is 2. The fraction of sp³-hybridized carbons (Fsp3) is 0.250. The molecule has 1 amide bonds. The number of amides is 1. The Hall–Kier alpha value is -3.75. The van der Waals surface area contributed by atoms with Gasteiger partial charge in [0, 0.05) is 43.3 Å². The summed E-state index contributed by atoms with van der Waals surface area (Å²) >= 11 is 0. The summed E-state index contributed by atoms with van der Waals surface area (Å²) in [6, 6.07) is 10.5. The first-order valence-electron chi connectivity index (χ1n) is 9.03. The predicted molar refractivity (Wildman–Crippen MR) is 113 cm³/mol. The molecule has 0 aliphatic carbocycles. The molecule has 2 aromatic heterocycles. The van der Waals surface area contributed by atoms with Gasteiger partial charge in [-0.1, -0.05) is 0 Å². The molecular formula is C20H23N7O2. The number of benzene rings is 1. The summed E-state index contributed by atoms with van der Waals surface area (Å²) in [4.78, 5) is 38.8. The molecule has 3 aromatic rings. The van der Waals surface area contributed by atoms with Gasteiger partial charge in [-0.05, 0) is 38.1 Å². The van der Waals surface area contributed by atoms with Crippen molar-refractivity contribution in [3.63, 3.8) is 0 Å². The summed E-state index contributed by atoms with van der Waals surface area (Å²) in [6.07, 6.45) is 1.37. The highest BCUT2D eigenvalue weighted by molar-refractivity contribution is 5.90. The van der Waals surface area contributed by atoms with Gasteiger partial charge in [0.05, 0.1) is 6.33 Å². The van der Waals surface area contributed by atoms with E-state index in [0.717, 1.165) is 11.5 Å². The largest absolute Gasteiger partial charge is 0.363 e. The van der Waals surface area contributed by atoms with E-state index in [2.05, 4.69) is 25.6 Å². The van der Waals surface area contributed by atoms with E-state index in [0.29, 0.717) is 23.0 Å². The Labute approximate surface area is 168 Å². The molecule has 0 spiro atoms. The van der Waals surface area contributed by atoms with Gasteiger partial charge in [0.2, 0.25) is 5.91 Å². The van der Waals surface area contributed by atoms with E-state index in [1.165, 1.54) is 17.0 Å². The van der Waals surface area contributed by atoms with Crippen LogP contribution in [0.15, 0.2) is 47.5 Å². The van der Waals surface area contributed by atoms with Crippen LogP contribution in [0.25, 0.3) is 0 Å². The summed E-state index contributed by atoms with van der Waals surface area (Å²) in [6.45, 7) is 3.47. The predicted octanol–water partition coefficient (Wildman–Crippen LogP) is 2.10. The Morgan fingerprint density at radius 1 is 1.07 bits per heavy atom. The van der Waals surface area contributed by atoms with Crippen molar-refractivity contribution in [3.8, 4) is 0 Å². The van der Waals surface area contributed by atoms with Crippen LogP contribution in [0.5, 0.6) is 0 Å². The Morgan fingerprint density at radius 2 is 1.76 bits per heavy atom. The number of carbonyl (C=O) groups is 1. The molecular weight excluding hydrogens is 370 g/mol. The molecule has 0 bridgehead atoms. The summed E-state index contributed by atoms with van der Waals surface area (Å²) in [7, 11) is 3.84. The molecule has 0 aliphatic heterocycles. The molecule has 0 saturated carbocycles. The van der Waals surface area contributed by atoms with Crippen molar-refractivity contribution >= 4 is 28.9 Å². The molecule has 0 unspecified atom stereocenters. The molecule has 2 N–H and O–H groups in total. The van der Waals surface area contributed by atoms with E-state index >= 15 is 0 Å². The van der Waals surface area contributed by atoms with Crippen molar-refractivity contribution in [2.24, 2.45) is 0 Å². The number of hydrogen-bond acceptors (Lipinski definition) is 7. The van der Waals surface area contributed by atoms with Crippen molar-refractivity contribution in [1.29, 1.82) is 0 Å². The highest BCUT2D eigenvalue weighted by atomic mass is 16.2. The fourth-order valence-electron chi connectivity index (χ4n) is 2.62. The standard InChI is InChI=1S/C20H23N7O2/c1-13-9-20(29)27(12-21-13)11-19(28)25-16-7-5-15(6-8-16)24-17-10-18(26(3)4)23-14(2)22-17/h5-10,12H,11H2,1-4H3,(H,25,28)(H,22,23,24). The zero-order valence-electron chi connectivity index (χ0n) is 16.8. The number of nitrogens with zero attached hydrogens (tertiary/aromatic N) is 5. The monoisotopic (exact) mass is 393 g/mol. The molecule has 1 aromatic carbocycles. The van der Waals surface area contributed by atoms with Crippen LogP contribution in [0.3, 0.4) is 0 Å². The smallest absolute Gasteiger partial charge is 0.253 e. The van der Waals surface area contributed by atoms with Gasteiger partial charge in [0.25, 0.3) is 5.56 Å². The number of aromatic nitrogens is 4. The lowest BCUT2D eigenvalue weighted by Gasteiger charge is -2.14. The molecule has 2 heterocycles. The summed E-state index contributed by atoms with van der Waals surface area (Å²) < 4.78 is 1.26. The number of carbonyl (C=O) groups excluding carboxylic acids is 1. The van der Waals surface area contributed by atoms with Crippen LogP contribution in [-0.4, -0.2) is 39.5 Å². The number of aryl methyl sites for hydroxylation is 2. The lowest BCUT2D eigenvalue weighted by atomic mass is 10.2. The topological polar surface area (TPSA) is 105 Å². The van der Waals surface area contributed by atoms with E-state index in [1.54, 1.807) is 19.1 Å². The third-order valence-electron chi connectivity index (χ3n) is 4.05. The van der Waals surface area contributed by atoms with Gasteiger partial charge >= 0.3 is 0 Å². The quantitative estimate of drug-likeness (QED) is 0.661. The second kappa shape index (κ2) is 8.51. The highest BCUT2D eigenvalue weighted by Gasteiger charge is 2.07. The maximum atomic E-state index is 12.2. The third kappa shape index (κ3) is 5.38. The van der Waals surface area contributed by atoms with Crippen molar-refractivity contribution in [2.45, 2.75) is 20.4 Å². The average molecular weight is 393 g/mol. The first-order valence-corrected chi connectivity index (χ1v) is 9.03. The van der Waals surface area contributed by atoms with Crippen LogP contribution in [0.4, 0.5) is 23.0 Å². The minimum absolute atomic E-state index is 0.0976. The van der Waals surface area contributed by atoms with E-state index in [-0.39, 0.29) is 18.0 Å². The zero-order chi connectivity index (χ0) is 21.0. The van der Waals surface area contributed by atoms with E-state index in [4.69, 9.17) is 0 Å². The summed E-state index contributed by atoms with van der Waals surface area (Å²) in [5.41, 5.74) is 1.81. The molecule has 0 atom stereocenters. The number of anilines is 4. The van der Waals surface area contributed by atoms with Crippen LogP contribution in [0.2, 0.25) is 0 Å². The maximum Gasteiger partial charge on any atom is 0.253 e. The van der Waals surface area contributed by atoms with Crippen LogP contribution in [0, 0.1) is 13.8 Å². The fourth-order valence-corrected chi connectivity index (χ4v) is 2.62. The second-order valence-corrected chi connectivity index (χ2v) is 6.80. The first kappa shape index (κ1) is 20.0. The molecule has 29 heavy (non-hydrogen) atoms. The minimum Gasteiger partial charge on any atom is -0.363 e. The maximum absolute atomic E-state index is 12.2. The van der Waals surface area contributed by atoms with Crippen molar-refractivity contribution in [1.82, 2.24) is 19.5 Å². The second-order valence-electron chi connectivity index (χ2n) is 6.80. The molecule has 150 valence electrons. The molecule has 0 aliphatic rings. The van der Waals surface area contributed by atoms with Gasteiger partial charge < -0.3 is 15.5 Å². The molecule has 9 nitrogen and oxygen atoms in total. The van der Waals surface area contributed by atoms with Gasteiger partial charge in [0.15, 0.2) is 0 Å². The SMILES string of the molecule is Cc1cc(=O)n(CC(=O)Nc2ccc(Nc3cc(N(C)C)nc(C)n3)cc2)cn1. The van der Waals surface area contributed by atoms with Crippen molar-refractivity contribution < 1.29 is 4.79 Å². The molecule has 3 rings (SSSR count). The number of rotatable bonds is 6. The lowest BCUT2D eigenvalue weighted by Crippen LogP contribution is -2.27. The summed E-state index contributed by atoms with van der Waals surface area (Å²) in [5.74, 6) is 1.86. The molecule has 9 heteroatoms. The molecule has 0 saturated heterocycles. The third-order valence-corrected chi connectivity index (χ3v) is 4.05. The normalized spacial score (nSPS) is 10.5. The van der Waals surface area contributed by atoms with Gasteiger partial charge in [-0.15, -0.1) is 0 Å². The van der Waals surface area contributed by atoms with Crippen LogP contribution in [-0.2, 0) is 11.3 Å². The van der Waals surface area contributed by atoms with Crippen LogP contribution < -0.4 is 21.1 Å². The number of hydrogen-bond donors (Lipinski definition) is 2. The lowest BCUT2D eigenvalue weighted by molar-refractivity contribution is -0.116. The average Bonchev–Trinajstić information content (AvgIpc) is 2.65. The van der Waals surface area contributed by atoms with Crippen molar-refractivity contribution in [2.75, 3.05) is 29.6 Å².